The van der Waals surface area contributed by atoms with Crippen LogP contribution < -0.4 is 15.3 Å². The maximum Gasteiger partial charge on any atom is 0.157 e. The first-order chi connectivity index (χ1) is 12.3. The van der Waals surface area contributed by atoms with E-state index in [1.165, 1.54) is 5.69 Å². The topological polar surface area (TPSA) is 56.8 Å². The van der Waals surface area contributed by atoms with Gasteiger partial charge in [-0.15, -0.1) is 0 Å². The van der Waals surface area contributed by atoms with Gasteiger partial charge in [-0.05, 0) is 37.7 Å². The Kier molecular flexibility index (Phi) is 4.67. The van der Waals surface area contributed by atoms with E-state index < -0.39 is 0 Å². The van der Waals surface area contributed by atoms with Crippen molar-refractivity contribution in [3.05, 3.63) is 36.7 Å². The van der Waals surface area contributed by atoms with E-state index in [2.05, 4.69) is 56.4 Å². The van der Waals surface area contributed by atoms with Crippen molar-refractivity contribution in [3.63, 3.8) is 0 Å². The summed E-state index contributed by atoms with van der Waals surface area (Å²) < 4.78 is 0. The summed E-state index contributed by atoms with van der Waals surface area (Å²) in [7, 11) is 2.17. The summed E-state index contributed by atoms with van der Waals surface area (Å²) in [4.78, 5) is 18.9. The third kappa shape index (κ3) is 3.83. The number of nitrogens with zero attached hydrogens (tertiary/aromatic N) is 5. The molecule has 4 rings (SSSR count). The molecular formula is C18H24N6O. The van der Waals surface area contributed by atoms with Crippen LogP contribution in [0.2, 0.25) is 0 Å². The van der Waals surface area contributed by atoms with Gasteiger partial charge in [0, 0.05) is 50.2 Å². The van der Waals surface area contributed by atoms with Gasteiger partial charge < -0.3 is 15.1 Å². The van der Waals surface area contributed by atoms with Crippen LogP contribution in [0.4, 0.5) is 23.0 Å². The fourth-order valence-electron chi connectivity index (χ4n) is 3.15. The smallest absolute Gasteiger partial charge is 0.157 e. The van der Waals surface area contributed by atoms with Gasteiger partial charge in [0.15, 0.2) is 5.82 Å². The fourth-order valence-corrected chi connectivity index (χ4v) is 3.15. The van der Waals surface area contributed by atoms with Crippen molar-refractivity contribution in [2.45, 2.75) is 6.42 Å². The number of nitrogens with one attached hydrogen (secondary N) is 1. The average molecular weight is 340 g/mol. The number of likely N-dealkylation sites (N-methyl/N-ethyl adjacent to an activating group) is 1. The van der Waals surface area contributed by atoms with Crippen molar-refractivity contribution in [3.8, 4) is 0 Å². The highest BCUT2D eigenvalue weighted by Gasteiger charge is 2.16. The number of hydrogen-bond donors (Lipinski definition) is 1. The molecule has 25 heavy (non-hydrogen) atoms. The van der Waals surface area contributed by atoms with Crippen LogP contribution in [-0.2, 0) is 4.84 Å². The first-order valence-electron chi connectivity index (χ1n) is 8.81. The van der Waals surface area contributed by atoms with E-state index in [0.29, 0.717) is 0 Å². The molecule has 1 N–H and O–H groups in total. The van der Waals surface area contributed by atoms with Crippen molar-refractivity contribution in [1.82, 2.24) is 14.9 Å². The number of hydroxylamine groups is 1. The Hall–Kier alpha value is -2.38. The van der Waals surface area contributed by atoms with E-state index >= 15 is 0 Å². The highest BCUT2D eigenvalue weighted by molar-refractivity contribution is 5.62. The first-order valence-corrected chi connectivity index (χ1v) is 8.81. The predicted octanol–water partition coefficient (Wildman–Crippen LogP) is 2.11. The second-order valence-corrected chi connectivity index (χ2v) is 6.51. The number of piperazine rings is 1. The largest absolute Gasteiger partial charge is 0.369 e. The third-order valence-electron chi connectivity index (χ3n) is 4.67. The van der Waals surface area contributed by atoms with Crippen molar-refractivity contribution >= 4 is 23.0 Å². The molecule has 0 saturated carbocycles. The monoisotopic (exact) mass is 340 g/mol. The molecule has 0 aliphatic carbocycles. The van der Waals surface area contributed by atoms with Gasteiger partial charge in [-0.25, -0.2) is 15.0 Å². The Labute approximate surface area is 148 Å². The van der Waals surface area contributed by atoms with E-state index in [-0.39, 0.29) is 0 Å². The number of rotatable bonds is 4. The summed E-state index contributed by atoms with van der Waals surface area (Å²) in [5.74, 6) is 1.57. The standard InChI is InChI=1S/C18H24N6O/c1-22-8-10-23(11-9-22)16-5-3-15(4-6-16)21-17-13-18(20-14-19-17)24-7-2-12-25-24/h3-6,13-14H,2,7-12H2,1H3,(H,19,20,21). The molecule has 2 aromatic rings. The van der Waals surface area contributed by atoms with Crippen LogP contribution in [0.5, 0.6) is 0 Å². The molecule has 132 valence electrons. The average Bonchev–Trinajstić information content (AvgIpc) is 3.18. The van der Waals surface area contributed by atoms with E-state index in [1.54, 1.807) is 6.33 Å². The van der Waals surface area contributed by atoms with E-state index in [1.807, 2.05) is 11.1 Å². The molecule has 1 aromatic heterocycles. The van der Waals surface area contributed by atoms with Crippen LogP contribution in [0, 0.1) is 0 Å². The van der Waals surface area contributed by atoms with Crippen molar-refractivity contribution in [2.24, 2.45) is 0 Å². The van der Waals surface area contributed by atoms with Gasteiger partial charge in [0.2, 0.25) is 0 Å². The summed E-state index contributed by atoms with van der Waals surface area (Å²) in [5.41, 5.74) is 2.29. The lowest BCUT2D eigenvalue weighted by molar-refractivity contribution is 0.166. The van der Waals surface area contributed by atoms with Gasteiger partial charge in [-0.2, -0.15) is 0 Å². The Balaban J connectivity index is 1.42. The molecule has 2 aliphatic heterocycles. The van der Waals surface area contributed by atoms with Gasteiger partial charge >= 0.3 is 0 Å². The molecule has 2 aliphatic rings. The zero-order valence-corrected chi connectivity index (χ0v) is 14.6. The molecule has 0 spiro atoms. The molecule has 0 amide bonds. The molecule has 2 saturated heterocycles. The summed E-state index contributed by atoms with van der Waals surface area (Å²) in [6, 6.07) is 10.4. The van der Waals surface area contributed by atoms with Crippen molar-refractivity contribution in [1.29, 1.82) is 0 Å². The van der Waals surface area contributed by atoms with Gasteiger partial charge in [0.25, 0.3) is 0 Å². The van der Waals surface area contributed by atoms with Crippen LogP contribution in [-0.4, -0.2) is 61.2 Å². The minimum Gasteiger partial charge on any atom is -0.369 e. The van der Waals surface area contributed by atoms with Crippen LogP contribution in [0.1, 0.15) is 6.42 Å². The lowest BCUT2D eigenvalue weighted by Gasteiger charge is -2.34. The zero-order valence-electron chi connectivity index (χ0n) is 14.6. The fraction of sp³-hybridized carbons (Fsp3) is 0.444. The number of aromatic nitrogens is 2. The van der Waals surface area contributed by atoms with Gasteiger partial charge in [-0.1, -0.05) is 0 Å². The summed E-state index contributed by atoms with van der Waals surface area (Å²) >= 11 is 0. The Morgan fingerprint density at radius 3 is 2.52 bits per heavy atom. The van der Waals surface area contributed by atoms with Crippen LogP contribution >= 0.6 is 0 Å². The molecule has 2 fully saturated rings. The molecule has 0 bridgehead atoms. The molecule has 7 nitrogen and oxygen atoms in total. The SMILES string of the molecule is CN1CCN(c2ccc(Nc3cc(N4CCCO4)ncn3)cc2)CC1. The molecule has 0 atom stereocenters. The molecule has 0 unspecified atom stereocenters. The lowest BCUT2D eigenvalue weighted by atomic mass is 10.2. The van der Waals surface area contributed by atoms with Crippen LogP contribution in [0.15, 0.2) is 36.7 Å². The van der Waals surface area contributed by atoms with Crippen LogP contribution in [0.3, 0.4) is 0 Å². The van der Waals surface area contributed by atoms with E-state index in [0.717, 1.165) is 63.1 Å². The van der Waals surface area contributed by atoms with Crippen LogP contribution in [0.25, 0.3) is 0 Å². The molecule has 7 heteroatoms. The van der Waals surface area contributed by atoms with Crippen molar-refractivity contribution in [2.75, 3.05) is 61.7 Å². The normalized spacial score (nSPS) is 18.6. The second-order valence-electron chi connectivity index (χ2n) is 6.51. The Morgan fingerprint density at radius 2 is 1.80 bits per heavy atom. The molecule has 3 heterocycles. The summed E-state index contributed by atoms with van der Waals surface area (Å²) in [5, 5.41) is 5.17. The van der Waals surface area contributed by atoms with Gasteiger partial charge in [-0.3, -0.25) is 4.84 Å². The number of hydrogen-bond acceptors (Lipinski definition) is 7. The highest BCUT2D eigenvalue weighted by Crippen LogP contribution is 2.23. The Bertz CT molecular complexity index is 693. The van der Waals surface area contributed by atoms with E-state index in [9.17, 15) is 0 Å². The zero-order chi connectivity index (χ0) is 17.1. The van der Waals surface area contributed by atoms with Crippen molar-refractivity contribution < 1.29 is 4.84 Å². The minimum absolute atomic E-state index is 0.751. The third-order valence-corrected chi connectivity index (χ3v) is 4.67. The quantitative estimate of drug-likeness (QED) is 0.915. The first kappa shape index (κ1) is 16.1. The molecular weight excluding hydrogens is 316 g/mol. The maximum absolute atomic E-state index is 5.54. The highest BCUT2D eigenvalue weighted by atomic mass is 16.7. The number of benzene rings is 1. The Morgan fingerprint density at radius 1 is 1.00 bits per heavy atom. The van der Waals surface area contributed by atoms with Gasteiger partial charge in [0.1, 0.15) is 12.1 Å². The predicted molar refractivity (Wildman–Crippen MR) is 99.4 cm³/mol. The molecule has 1 aromatic carbocycles. The second kappa shape index (κ2) is 7.25. The lowest BCUT2D eigenvalue weighted by Crippen LogP contribution is -2.44. The summed E-state index contributed by atoms with van der Waals surface area (Å²) in [6.45, 7) is 6.00. The minimum atomic E-state index is 0.751. The number of anilines is 4. The van der Waals surface area contributed by atoms with E-state index in [4.69, 9.17) is 4.84 Å². The summed E-state index contributed by atoms with van der Waals surface area (Å²) in [6.07, 6.45) is 2.60. The maximum atomic E-state index is 5.54. The van der Waals surface area contributed by atoms with Gasteiger partial charge in [0.05, 0.1) is 6.61 Å². The molecule has 0 radical (unpaired) electrons.